The van der Waals surface area contributed by atoms with Crippen LogP contribution in [0.4, 0.5) is 0 Å². The molecule has 0 radical (unpaired) electrons. The lowest BCUT2D eigenvalue weighted by Gasteiger charge is -2.05. The first kappa shape index (κ1) is 13.2. The molecule has 3 rings (SSSR count). The summed E-state index contributed by atoms with van der Waals surface area (Å²) in [6.45, 7) is 0. The predicted molar refractivity (Wildman–Crippen MR) is 80.4 cm³/mol. The summed E-state index contributed by atoms with van der Waals surface area (Å²) in [5.41, 5.74) is 8.27. The number of methoxy groups -OCH3 is 1. The van der Waals surface area contributed by atoms with Crippen LogP contribution in [0.1, 0.15) is 21.7 Å². The number of H-pyrrole nitrogens is 1. The third-order valence-electron chi connectivity index (χ3n) is 3.38. The third-order valence-corrected chi connectivity index (χ3v) is 3.38. The molecule has 1 amide bonds. The molecule has 3 N–H and O–H groups in total. The van der Waals surface area contributed by atoms with Gasteiger partial charge < -0.3 is 15.5 Å². The summed E-state index contributed by atoms with van der Waals surface area (Å²) in [5.74, 6) is 1.12. The van der Waals surface area contributed by atoms with Gasteiger partial charge in [-0.2, -0.15) is 0 Å². The molecule has 2 aromatic carbocycles. The van der Waals surface area contributed by atoms with Crippen LogP contribution in [0.2, 0.25) is 0 Å². The van der Waals surface area contributed by atoms with Crippen molar-refractivity contribution in [2.24, 2.45) is 5.73 Å². The van der Waals surface area contributed by atoms with Crippen molar-refractivity contribution in [3.05, 3.63) is 59.4 Å². The molecule has 0 saturated carbocycles. The number of carbonyl (C=O) groups excluding carboxylic acids is 1. The minimum atomic E-state index is -0.465. The van der Waals surface area contributed by atoms with Gasteiger partial charge in [0.15, 0.2) is 0 Å². The van der Waals surface area contributed by atoms with Gasteiger partial charge in [-0.25, -0.2) is 4.98 Å². The number of nitrogens with zero attached hydrogens (tertiary/aromatic N) is 1. The normalized spacial score (nSPS) is 10.7. The van der Waals surface area contributed by atoms with Crippen molar-refractivity contribution >= 4 is 16.9 Å². The molecule has 0 saturated heterocycles. The topological polar surface area (TPSA) is 81.0 Å². The molecule has 106 valence electrons. The number of primary amides is 1. The van der Waals surface area contributed by atoms with Crippen molar-refractivity contribution in [2.75, 3.05) is 7.11 Å². The molecule has 0 atom stereocenters. The zero-order chi connectivity index (χ0) is 14.8. The van der Waals surface area contributed by atoms with Crippen LogP contribution in [0.15, 0.2) is 42.5 Å². The lowest BCUT2D eigenvalue weighted by molar-refractivity contribution is 0.100. The summed E-state index contributed by atoms with van der Waals surface area (Å²) in [6, 6.07) is 13.1. The predicted octanol–water partition coefficient (Wildman–Crippen LogP) is 2.26. The first-order valence-corrected chi connectivity index (χ1v) is 6.58. The maximum Gasteiger partial charge on any atom is 0.250 e. The van der Waals surface area contributed by atoms with Crippen molar-refractivity contribution in [3.8, 4) is 5.75 Å². The van der Waals surface area contributed by atoms with Crippen molar-refractivity contribution in [2.45, 2.75) is 6.42 Å². The second-order valence-corrected chi connectivity index (χ2v) is 4.74. The quantitative estimate of drug-likeness (QED) is 0.769. The number of amides is 1. The fraction of sp³-hybridized carbons (Fsp3) is 0.125. The number of hydrogen-bond acceptors (Lipinski definition) is 3. The average molecular weight is 281 g/mol. The number of benzene rings is 2. The van der Waals surface area contributed by atoms with Gasteiger partial charge in [-0.1, -0.05) is 24.3 Å². The van der Waals surface area contributed by atoms with E-state index in [9.17, 15) is 4.79 Å². The summed E-state index contributed by atoms with van der Waals surface area (Å²) in [6.07, 6.45) is 0.594. The number of imidazole rings is 1. The van der Waals surface area contributed by atoms with Crippen molar-refractivity contribution in [1.82, 2.24) is 9.97 Å². The highest BCUT2D eigenvalue weighted by Gasteiger charge is 2.12. The van der Waals surface area contributed by atoms with E-state index in [0.717, 1.165) is 22.7 Å². The van der Waals surface area contributed by atoms with E-state index in [1.165, 1.54) is 0 Å². The molecule has 0 aliphatic carbocycles. The highest BCUT2D eigenvalue weighted by atomic mass is 16.5. The van der Waals surface area contributed by atoms with Crippen molar-refractivity contribution in [1.29, 1.82) is 0 Å². The maximum absolute atomic E-state index is 11.4. The summed E-state index contributed by atoms with van der Waals surface area (Å²) in [5, 5.41) is 0. The number of ether oxygens (including phenoxy) is 1. The number of aromatic nitrogens is 2. The first-order valence-electron chi connectivity index (χ1n) is 6.58. The van der Waals surface area contributed by atoms with Gasteiger partial charge in [0.2, 0.25) is 0 Å². The van der Waals surface area contributed by atoms with Crippen LogP contribution in [0.25, 0.3) is 11.0 Å². The zero-order valence-electron chi connectivity index (χ0n) is 11.6. The summed E-state index contributed by atoms with van der Waals surface area (Å²) >= 11 is 0. The van der Waals surface area contributed by atoms with Gasteiger partial charge in [0.05, 0.1) is 23.7 Å². The van der Waals surface area contributed by atoms with Gasteiger partial charge in [0.1, 0.15) is 11.6 Å². The zero-order valence-corrected chi connectivity index (χ0v) is 11.6. The van der Waals surface area contributed by atoms with E-state index in [2.05, 4.69) is 9.97 Å². The molecule has 0 bridgehead atoms. The molecular weight excluding hydrogens is 266 g/mol. The van der Waals surface area contributed by atoms with E-state index in [-0.39, 0.29) is 0 Å². The van der Waals surface area contributed by atoms with Gasteiger partial charge >= 0.3 is 0 Å². The molecule has 0 aliphatic rings. The largest absolute Gasteiger partial charge is 0.496 e. The van der Waals surface area contributed by atoms with Crippen LogP contribution in [-0.4, -0.2) is 23.0 Å². The Labute approximate surface area is 121 Å². The van der Waals surface area contributed by atoms with Gasteiger partial charge in [-0.15, -0.1) is 0 Å². The Kier molecular flexibility index (Phi) is 3.31. The van der Waals surface area contributed by atoms with E-state index in [0.29, 0.717) is 17.5 Å². The minimum Gasteiger partial charge on any atom is -0.496 e. The Bertz CT molecular complexity index is 808. The Hall–Kier alpha value is -2.82. The second-order valence-electron chi connectivity index (χ2n) is 4.74. The SMILES string of the molecule is COc1ccccc1Cc1nc2cccc(C(N)=O)c2[nH]1. The standard InChI is InChI=1S/C16H15N3O2/c1-21-13-8-3-2-5-10(13)9-14-18-12-7-4-6-11(16(17)20)15(12)19-14/h2-8H,9H2,1H3,(H2,17,20)(H,18,19). The Morgan fingerprint density at radius 3 is 2.81 bits per heavy atom. The maximum atomic E-state index is 11.4. The fourth-order valence-corrected chi connectivity index (χ4v) is 2.40. The molecular formula is C16H15N3O2. The van der Waals surface area contributed by atoms with Gasteiger partial charge in [0, 0.05) is 12.0 Å². The molecule has 3 aromatic rings. The smallest absolute Gasteiger partial charge is 0.250 e. The molecule has 5 nitrogen and oxygen atoms in total. The number of carbonyl (C=O) groups is 1. The van der Waals surface area contributed by atoms with E-state index < -0.39 is 5.91 Å². The van der Waals surface area contributed by atoms with Gasteiger partial charge in [0.25, 0.3) is 5.91 Å². The van der Waals surface area contributed by atoms with Crippen molar-refractivity contribution < 1.29 is 9.53 Å². The van der Waals surface area contributed by atoms with E-state index >= 15 is 0 Å². The van der Waals surface area contributed by atoms with Crippen LogP contribution in [0.5, 0.6) is 5.75 Å². The molecule has 1 heterocycles. The van der Waals surface area contributed by atoms with Crippen molar-refractivity contribution in [3.63, 3.8) is 0 Å². The number of nitrogens with one attached hydrogen (secondary N) is 1. The molecule has 5 heteroatoms. The highest BCUT2D eigenvalue weighted by molar-refractivity contribution is 6.04. The summed E-state index contributed by atoms with van der Waals surface area (Å²) < 4.78 is 5.34. The number of para-hydroxylation sites is 2. The first-order chi connectivity index (χ1) is 10.2. The van der Waals surface area contributed by atoms with Gasteiger partial charge in [-0.05, 0) is 18.2 Å². The van der Waals surface area contributed by atoms with E-state index in [1.807, 2.05) is 30.3 Å². The third kappa shape index (κ3) is 2.45. The molecule has 1 aromatic heterocycles. The molecule has 0 spiro atoms. The monoisotopic (exact) mass is 281 g/mol. The van der Waals surface area contributed by atoms with Crippen LogP contribution < -0.4 is 10.5 Å². The molecule has 0 fully saturated rings. The minimum absolute atomic E-state index is 0.450. The Morgan fingerprint density at radius 2 is 2.05 bits per heavy atom. The summed E-state index contributed by atoms with van der Waals surface area (Å²) in [7, 11) is 1.64. The number of aromatic amines is 1. The van der Waals surface area contributed by atoms with Crippen LogP contribution >= 0.6 is 0 Å². The summed E-state index contributed by atoms with van der Waals surface area (Å²) in [4.78, 5) is 19.1. The Balaban J connectivity index is 2.02. The Morgan fingerprint density at radius 1 is 1.24 bits per heavy atom. The van der Waals surface area contributed by atoms with E-state index in [4.69, 9.17) is 10.5 Å². The van der Waals surface area contributed by atoms with Crippen LogP contribution in [-0.2, 0) is 6.42 Å². The highest BCUT2D eigenvalue weighted by Crippen LogP contribution is 2.22. The number of rotatable bonds is 4. The van der Waals surface area contributed by atoms with Crippen LogP contribution in [0.3, 0.4) is 0 Å². The lowest BCUT2D eigenvalue weighted by Crippen LogP contribution is -2.11. The average Bonchev–Trinajstić information content (AvgIpc) is 2.89. The molecule has 21 heavy (non-hydrogen) atoms. The second kappa shape index (κ2) is 5.28. The lowest BCUT2D eigenvalue weighted by atomic mass is 10.1. The van der Waals surface area contributed by atoms with Crippen LogP contribution in [0, 0.1) is 0 Å². The number of fused-ring (bicyclic) bond motifs is 1. The van der Waals surface area contributed by atoms with E-state index in [1.54, 1.807) is 19.2 Å². The number of hydrogen-bond donors (Lipinski definition) is 2. The number of nitrogens with two attached hydrogens (primary N) is 1. The van der Waals surface area contributed by atoms with Gasteiger partial charge in [-0.3, -0.25) is 4.79 Å². The fourth-order valence-electron chi connectivity index (χ4n) is 2.40. The molecule has 0 aliphatic heterocycles. The molecule has 0 unspecified atom stereocenters.